The van der Waals surface area contributed by atoms with E-state index in [9.17, 15) is 0 Å². The van der Waals surface area contributed by atoms with Crippen molar-refractivity contribution in [1.29, 1.82) is 0 Å². The molecular formula is C17H20P. The minimum atomic E-state index is -0.487. The Labute approximate surface area is 112 Å². The molecule has 0 saturated carbocycles. The second-order valence-corrected chi connectivity index (χ2v) is 6.83. The quantitative estimate of drug-likeness (QED) is 0.707. The summed E-state index contributed by atoms with van der Waals surface area (Å²) in [7, 11) is -0.487. The summed E-state index contributed by atoms with van der Waals surface area (Å²) in [5.74, 6) is 0. The molecule has 0 nitrogen and oxygen atoms in total. The summed E-state index contributed by atoms with van der Waals surface area (Å²) in [6.07, 6.45) is 0. The molecule has 0 aliphatic heterocycles. The molecule has 0 fully saturated rings. The number of hydrogen-bond donors (Lipinski definition) is 0. The topological polar surface area (TPSA) is 0 Å². The highest BCUT2D eigenvalue weighted by molar-refractivity contribution is 7.74. The maximum Gasteiger partial charge on any atom is -0.0166 e. The van der Waals surface area contributed by atoms with Crippen LogP contribution in [0.2, 0.25) is 0 Å². The Bertz CT molecular complexity index is 518. The average Bonchev–Trinajstić information content (AvgIpc) is 2.28. The molecule has 2 rings (SSSR count). The lowest BCUT2D eigenvalue weighted by molar-refractivity contribution is 1.40. The largest absolute Gasteiger partial charge is 0.0587 e. The molecule has 0 aliphatic carbocycles. The van der Waals surface area contributed by atoms with Gasteiger partial charge in [0.15, 0.2) is 0 Å². The van der Waals surface area contributed by atoms with Crippen molar-refractivity contribution in [3.05, 3.63) is 65.3 Å². The van der Waals surface area contributed by atoms with Gasteiger partial charge >= 0.3 is 0 Å². The Hall–Kier alpha value is -1.13. The summed E-state index contributed by atoms with van der Waals surface area (Å²) >= 11 is 0. The van der Waals surface area contributed by atoms with Gasteiger partial charge in [0.2, 0.25) is 0 Å². The second-order valence-electron chi connectivity index (χ2n) is 5.01. The van der Waals surface area contributed by atoms with E-state index < -0.39 is 7.92 Å². The Morgan fingerprint density at radius 2 is 1.11 bits per heavy atom. The van der Waals surface area contributed by atoms with Crippen LogP contribution in [0, 0.1) is 34.4 Å². The van der Waals surface area contributed by atoms with E-state index in [1.165, 1.54) is 32.9 Å². The summed E-state index contributed by atoms with van der Waals surface area (Å²) in [5, 5.41) is 2.78. The van der Waals surface area contributed by atoms with Gasteiger partial charge in [0, 0.05) is 0 Å². The predicted octanol–water partition coefficient (Wildman–Crippen LogP) is 4.14. The summed E-state index contributed by atoms with van der Waals surface area (Å²) < 4.78 is 0. The van der Waals surface area contributed by atoms with E-state index in [0.717, 1.165) is 0 Å². The van der Waals surface area contributed by atoms with Gasteiger partial charge in [0.1, 0.15) is 0 Å². The summed E-state index contributed by atoms with van der Waals surface area (Å²) in [6, 6.07) is 13.4. The molecule has 0 amide bonds. The van der Waals surface area contributed by atoms with Gasteiger partial charge in [-0.05, 0) is 64.0 Å². The molecule has 1 heteroatoms. The molecule has 2 aromatic rings. The maximum absolute atomic E-state index is 4.42. The third-order valence-electron chi connectivity index (χ3n) is 3.29. The first-order valence-corrected chi connectivity index (χ1v) is 7.77. The van der Waals surface area contributed by atoms with E-state index in [0.29, 0.717) is 0 Å². The van der Waals surface area contributed by atoms with Crippen LogP contribution in [-0.2, 0) is 0 Å². The molecule has 1 radical (unpaired) electrons. The second kappa shape index (κ2) is 5.24. The van der Waals surface area contributed by atoms with Gasteiger partial charge in [0.25, 0.3) is 0 Å². The third kappa shape index (κ3) is 2.65. The van der Waals surface area contributed by atoms with Crippen LogP contribution in [0.15, 0.2) is 36.4 Å². The van der Waals surface area contributed by atoms with Crippen molar-refractivity contribution in [2.45, 2.75) is 27.7 Å². The van der Waals surface area contributed by atoms with Crippen LogP contribution in [0.4, 0.5) is 0 Å². The summed E-state index contributed by atoms with van der Waals surface area (Å²) in [5.41, 5.74) is 5.35. The Morgan fingerprint density at radius 3 is 1.44 bits per heavy atom. The van der Waals surface area contributed by atoms with Crippen molar-refractivity contribution in [1.82, 2.24) is 0 Å². The minimum Gasteiger partial charge on any atom is -0.0587 e. The average molecular weight is 255 g/mol. The van der Waals surface area contributed by atoms with E-state index in [-0.39, 0.29) is 0 Å². The normalized spacial score (nSPS) is 11.0. The van der Waals surface area contributed by atoms with Crippen molar-refractivity contribution in [3.63, 3.8) is 0 Å². The Balaban J connectivity index is 2.44. The standard InChI is InChI=1S/C17H20P/c1-12-6-8-16(14(3)10-12)18(5)17-9-7-13(2)11-15(17)4/h6-11H,5H2,1-4H3. The number of hydrogen-bond acceptors (Lipinski definition) is 0. The lowest BCUT2D eigenvalue weighted by atomic mass is 10.2. The van der Waals surface area contributed by atoms with Gasteiger partial charge in [0.05, 0.1) is 0 Å². The number of rotatable bonds is 2. The smallest absolute Gasteiger partial charge is 0.0166 e. The lowest BCUT2D eigenvalue weighted by Gasteiger charge is -2.18. The van der Waals surface area contributed by atoms with Gasteiger partial charge in [-0.15, -0.1) is 0 Å². The minimum absolute atomic E-state index is 0.487. The highest BCUT2D eigenvalue weighted by Gasteiger charge is 2.12. The van der Waals surface area contributed by atoms with E-state index >= 15 is 0 Å². The molecule has 0 heterocycles. The molecule has 0 aliphatic rings. The molecule has 0 N–H and O–H groups in total. The van der Waals surface area contributed by atoms with Crippen molar-refractivity contribution in [2.75, 3.05) is 0 Å². The fraction of sp³-hybridized carbons (Fsp3) is 0.235. The van der Waals surface area contributed by atoms with E-state index in [2.05, 4.69) is 70.8 Å². The van der Waals surface area contributed by atoms with E-state index in [1.807, 2.05) is 0 Å². The van der Waals surface area contributed by atoms with Gasteiger partial charge in [-0.25, -0.2) is 0 Å². The van der Waals surface area contributed by atoms with Gasteiger partial charge < -0.3 is 0 Å². The fourth-order valence-corrected chi connectivity index (χ4v) is 4.10. The van der Waals surface area contributed by atoms with Crippen LogP contribution >= 0.6 is 7.92 Å². The zero-order chi connectivity index (χ0) is 13.3. The molecule has 0 bridgehead atoms. The maximum atomic E-state index is 4.42. The zero-order valence-corrected chi connectivity index (χ0v) is 12.5. The molecule has 0 spiro atoms. The highest BCUT2D eigenvalue weighted by atomic mass is 31.1. The summed E-state index contributed by atoms with van der Waals surface area (Å²) in [6.45, 7) is 13.1. The zero-order valence-electron chi connectivity index (χ0n) is 11.6. The molecule has 0 saturated heterocycles. The van der Waals surface area contributed by atoms with E-state index in [4.69, 9.17) is 0 Å². The van der Waals surface area contributed by atoms with Crippen molar-refractivity contribution >= 4 is 18.5 Å². The van der Waals surface area contributed by atoms with Crippen LogP contribution in [-0.4, -0.2) is 0 Å². The molecule has 93 valence electrons. The van der Waals surface area contributed by atoms with Crippen LogP contribution in [0.3, 0.4) is 0 Å². The highest BCUT2D eigenvalue weighted by Crippen LogP contribution is 2.34. The monoisotopic (exact) mass is 255 g/mol. The van der Waals surface area contributed by atoms with Gasteiger partial charge in [-0.1, -0.05) is 47.5 Å². The molecule has 0 aromatic heterocycles. The van der Waals surface area contributed by atoms with Gasteiger partial charge in [-0.3, -0.25) is 0 Å². The Morgan fingerprint density at radius 1 is 0.722 bits per heavy atom. The number of aryl methyl sites for hydroxylation is 4. The molecular weight excluding hydrogens is 235 g/mol. The first-order valence-electron chi connectivity index (χ1n) is 6.24. The van der Waals surface area contributed by atoms with Crippen LogP contribution in [0.1, 0.15) is 22.3 Å². The fourth-order valence-electron chi connectivity index (χ4n) is 2.35. The lowest BCUT2D eigenvalue weighted by Crippen LogP contribution is -2.15. The third-order valence-corrected chi connectivity index (χ3v) is 5.45. The Kier molecular flexibility index (Phi) is 3.88. The molecule has 0 unspecified atom stereocenters. The first-order chi connectivity index (χ1) is 8.49. The van der Waals surface area contributed by atoms with Crippen molar-refractivity contribution in [3.8, 4) is 0 Å². The predicted molar refractivity (Wildman–Crippen MR) is 83.4 cm³/mol. The van der Waals surface area contributed by atoms with Crippen LogP contribution < -0.4 is 10.6 Å². The first kappa shape index (κ1) is 13.3. The molecule has 18 heavy (non-hydrogen) atoms. The number of benzene rings is 2. The van der Waals surface area contributed by atoms with Crippen molar-refractivity contribution in [2.24, 2.45) is 0 Å². The van der Waals surface area contributed by atoms with Crippen LogP contribution in [0.5, 0.6) is 0 Å². The SMILES string of the molecule is [CH2]P(c1ccc(C)cc1C)c1ccc(C)cc1C. The van der Waals surface area contributed by atoms with E-state index in [1.54, 1.807) is 0 Å². The molecule has 2 aromatic carbocycles. The molecule has 0 atom stereocenters. The van der Waals surface area contributed by atoms with Gasteiger partial charge in [-0.2, -0.15) is 0 Å². The van der Waals surface area contributed by atoms with Crippen molar-refractivity contribution < 1.29 is 0 Å². The van der Waals surface area contributed by atoms with Crippen LogP contribution in [0.25, 0.3) is 0 Å². The summed E-state index contributed by atoms with van der Waals surface area (Å²) in [4.78, 5) is 0.